The molecule has 0 aromatic heterocycles. The van der Waals surface area contributed by atoms with E-state index in [1.165, 1.54) is 12.1 Å². The summed E-state index contributed by atoms with van der Waals surface area (Å²) < 4.78 is 67.5. The average molecular weight is 511 g/mol. The molecular weight excluding hydrogens is 489 g/mol. The Morgan fingerprint density at radius 3 is 2.29 bits per heavy atom. The highest BCUT2D eigenvalue weighted by molar-refractivity contribution is 7.92. The van der Waals surface area contributed by atoms with Crippen LogP contribution in [0.5, 0.6) is 0 Å². The highest BCUT2D eigenvalue weighted by atomic mass is 35.5. The Kier molecular flexibility index (Phi) is 6.42. The zero-order valence-corrected chi connectivity index (χ0v) is 19.8. The highest BCUT2D eigenvalue weighted by Gasteiger charge is 2.53. The summed E-state index contributed by atoms with van der Waals surface area (Å²) in [6, 6.07) is 7.21. The van der Waals surface area contributed by atoms with Crippen molar-refractivity contribution >= 4 is 33.0 Å². The second kappa shape index (κ2) is 8.90. The molecule has 0 saturated heterocycles. The van der Waals surface area contributed by atoms with Crippen LogP contribution < -0.4 is 5.32 Å². The van der Waals surface area contributed by atoms with Gasteiger partial charge in [-0.1, -0.05) is 18.5 Å². The van der Waals surface area contributed by atoms with Crippen LogP contribution in [0, 0.1) is 46.0 Å². The Bertz CT molecular complexity index is 1270. The van der Waals surface area contributed by atoms with E-state index in [-0.39, 0.29) is 38.4 Å². The zero-order chi connectivity index (χ0) is 24.8. The van der Waals surface area contributed by atoms with Crippen molar-refractivity contribution < 1.29 is 26.4 Å². The fourth-order valence-corrected chi connectivity index (χ4v) is 8.45. The minimum atomic E-state index is -3.91. The standard InChI is InChI=1S/C24H22ClF3N2O3S/c1-24(6-7-29)11-14-2-3-15(12-24)22(14)34(32,33)20-8-13(4-5-17(20)25)23(31)30-16-9-18(26)21(28)19(27)10-16/h4-5,8-10,14-15,22H,2-3,6,11-12H2,1H3,(H,30,31)/t14-,15?,22?,24?/m0/s1. The van der Waals surface area contributed by atoms with Crippen molar-refractivity contribution in [3.05, 3.63) is 58.4 Å². The third-order valence-electron chi connectivity index (χ3n) is 6.95. The third kappa shape index (κ3) is 4.41. The van der Waals surface area contributed by atoms with E-state index in [0.717, 1.165) is 18.9 Å². The van der Waals surface area contributed by atoms with Crippen molar-refractivity contribution in [1.82, 2.24) is 0 Å². The number of sulfone groups is 1. The second-order valence-corrected chi connectivity index (χ2v) is 12.0. The van der Waals surface area contributed by atoms with Gasteiger partial charge in [-0.2, -0.15) is 5.26 Å². The molecule has 2 aliphatic carbocycles. The summed E-state index contributed by atoms with van der Waals surface area (Å²) in [5, 5.41) is 10.7. The number of nitrogens with zero attached hydrogens (tertiary/aromatic N) is 1. The lowest BCUT2D eigenvalue weighted by molar-refractivity contribution is 0.102. The number of hydrogen-bond acceptors (Lipinski definition) is 4. The Hall–Kier alpha value is -2.57. The molecule has 34 heavy (non-hydrogen) atoms. The summed E-state index contributed by atoms with van der Waals surface area (Å²) in [5.74, 6) is -5.64. The van der Waals surface area contributed by atoms with Gasteiger partial charge in [0.15, 0.2) is 27.3 Å². The summed E-state index contributed by atoms with van der Waals surface area (Å²) >= 11 is 6.25. The van der Waals surface area contributed by atoms with Gasteiger partial charge in [0.05, 0.1) is 21.2 Å². The van der Waals surface area contributed by atoms with E-state index in [9.17, 15) is 26.4 Å². The lowest BCUT2D eigenvalue weighted by Crippen LogP contribution is -2.41. The van der Waals surface area contributed by atoms with Gasteiger partial charge in [0.25, 0.3) is 5.91 Å². The number of nitriles is 1. The Labute approximate surface area is 200 Å². The molecule has 2 aromatic rings. The Morgan fingerprint density at radius 1 is 1.15 bits per heavy atom. The monoisotopic (exact) mass is 510 g/mol. The summed E-state index contributed by atoms with van der Waals surface area (Å²) in [5.41, 5.74) is -0.619. The first-order chi connectivity index (χ1) is 15.9. The molecule has 2 bridgehead atoms. The fourth-order valence-electron chi connectivity index (χ4n) is 5.61. The van der Waals surface area contributed by atoms with Crippen molar-refractivity contribution in [2.75, 3.05) is 5.32 Å². The van der Waals surface area contributed by atoms with Crippen LogP contribution in [0.2, 0.25) is 5.02 Å². The van der Waals surface area contributed by atoms with Crippen LogP contribution >= 0.6 is 11.6 Å². The lowest BCUT2D eigenvalue weighted by atomic mass is 9.68. The lowest BCUT2D eigenvalue weighted by Gasteiger charge is -2.41. The third-order valence-corrected chi connectivity index (χ3v) is 9.83. The normalized spacial score (nSPS) is 26.2. The second-order valence-electron chi connectivity index (χ2n) is 9.51. The van der Waals surface area contributed by atoms with Gasteiger partial charge in [-0.15, -0.1) is 0 Å². The molecule has 180 valence electrons. The smallest absolute Gasteiger partial charge is 0.255 e. The molecule has 1 N–H and O–H groups in total. The van der Waals surface area contributed by atoms with E-state index in [1.807, 2.05) is 6.92 Å². The van der Waals surface area contributed by atoms with E-state index in [2.05, 4.69) is 11.4 Å². The predicted octanol–water partition coefficient (Wildman–Crippen LogP) is 5.89. The number of fused-ring (bicyclic) bond motifs is 2. The van der Waals surface area contributed by atoms with Gasteiger partial charge < -0.3 is 5.32 Å². The SMILES string of the molecule is CC1(CC#N)CC2CC[C@@H](C1)C2S(=O)(=O)c1cc(C(=O)Nc2cc(F)c(F)c(F)c2)ccc1Cl. The number of nitrogens with one attached hydrogen (secondary N) is 1. The van der Waals surface area contributed by atoms with Gasteiger partial charge in [-0.3, -0.25) is 4.79 Å². The molecule has 0 radical (unpaired) electrons. The molecule has 4 rings (SSSR count). The topological polar surface area (TPSA) is 87.0 Å². The van der Waals surface area contributed by atoms with Crippen LogP contribution in [0.1, 0.15) is 49.4 Å². The van der Waals surface area contributed by atoms with Crippen LogP contribution in [0.25, 0.3) is 0 Å². The number of amides is 1. The zero-order valence-electron chi connectivity index (χ0n) is 18.2. The minimum absolute atomic E-state index is 0.0276. The van der Waals surface area contributed by atoms with Crippen LogP contribution in [0.3, 0.4) is 0 Å². The number of halogens is 4. The first-order valence-corrected chi connectivity index (χ1v) is 12.7. The van der Waals surface area contributed by atoms with Crippen LogP contribution in [-0.4, -0.2) is 19.6 Å². The van der Waals surface area contributed by atoms with E-state index in [0.29, 0.717) is 31.4 Å². The molecular formula is C24H22ClF3N2O3S. The van der Waals surface area contributed by atoms with Crippen LogP contribution in [0.4, 0.5) is 18.9 Å². The summed E-state index contributed by atoms with van der Waals surface area (Å²) in [4.78, 5) is 12.5. The molecule has 2 aliphatic rings. The van der Waals surface area contributed by atoms with Crippen molar-refractivity contribution in [3.63, 3.8) is 0 Å². The fraction of sp³-hybridized carbons (Fsp3) is 0.417. The molecule has 2 aromatic carbocycles. The van der Waals surface area contributed by atoms with Crippen molar-refractivity contribution in [2.45, 2.75) is 49.2 Å². The highest BCUT2D eigenvalue weighted by Crippen LogP contribution is 2.55. The maximum Gasteiger partial charge on any atom is 0.255 e. The van der Waals surface area contributed by atoms with E-state index in [1.54, 1.807) is 0 Å². The van der Waals surface area contributed by atoms with Gasteiger partial charge in [-0.25, -0.2) is 21.6 Å². The van der Waals surface area contributed by atoms with Crippen LogP contribution in [0.15, 0.2) is 35.2 Å². The molecule has 2 fully saturated rings. The van der Waals surface area contributed by atoms with E-state index >= 15 is 0 Å². The van der Waals surface area contributed by atoms with Crippen LogP contribution in [-0.2, 0) is 9.84 Å². The number of anilines is 1. The van der Waals surface area contributed by atoms with Gasteiger partial charge in [0, 0.05) is 29.8 Å². The predicted molar refractivity (Wildman–Crippen MR) is 120 cm³/mol. The van der Waals surface area contributed by atoms with Gasteiger partial charge >= 0.3 is 0 Å². The van der Waals surface area contributed by atoms with Crippen molar-refractivity contribution in [3.8, 4) is 6.07 Å². The molecule has 2 saturated carbocycles. The van der Waals surface area contributed by atoms with Gasteiger partial charge in [0.1, 0.15) is 0 Å². The van der Waals surface area contributed by atoms with Crippen molar-refractivity contribution in [2.24, 2.45) is 17.3 Å². The molecule has 10 heteroatoms. The number of rotatable bonds is 5. The maximum absolute atomic E-state index is 13.7. The number of carbonyl (C=O) groups is 1. The number of carbonyl (C=O) groups excluding carboxylic acids is 1. The molecule has 0 spiro atoms. The largest absolute Gasteiger partial charge is 0.322 e. The Morgan fingerprint density at radius 2 is 1.74 bits per heavy atom. The number of hydrogen-bond donors (Lipinski definition) is 1. The van der Waals surface area contributed by atoms with E-state index in [4.69, 9.17) is 16.9 Å². The summed E-state index contributed by atoms with van der Waals surface area (Å²) in [6.45, 7) is 2.02. The molecule has 3 unspecified atom stereocenters. The summed E-state index contributed by atoms with van der Waals surface area (Å²) in [7, 11) is -3.91. The average Bonchev–Trinajstić information content (AvgIpc) is 3.05. The quantitative estimate of drug-likeness (QED) is 0.508. The molecule has 5 nitrogen and oxygen atoms in total. The summed E-state index contributed by atoms with van der Waals surface area (Å²) in [6.07, 6.45) is 3.11. The van der Waals surface area contributed by atoms with E-state index < -0.39 is 38.4 Å². The first kappa shape index (κ1) is 24.6. The molecule has 4 atom stereocenters. The first-order valence-electron chi connectivity index (χ1n) is 10.8. The van der Waals surface area contributed by atoms with Gasteiger partial charge in [-0.05, 0) is 61.1 Å². The molecule has 1 amide bonds. The van der Waals surface area contributed by atoms with Gasteiger partial charge in [0.2, 0.25) is 0 Å². The number of benzene rings is 2. The minimum Gasteiger partial charge on any atom is -0.322 e. The maximum atomic E-state index is 13.7. The molecule has 0 aliphatic heterocycles. The Balaban J connectivity index is 1.62. The van der Waals surface area contributed by atoms with Crippen molar-refractivity contribution in [1.29, 1.82) is 5.26 Å². The molecule has 0 heterocycles.